The van der Waals surface area contributed by atoms with Gasteiger partial charge in [0, 0.05) is 11.3 Å². The normalized spacial score (nSPS) is 15.5. The second-order valence-electron chi connectivity index (χ2n) is 4.66. The Labute approximate surface area is 119 Å². The zero-order valence-corrected chi connectivity index (χ0v) is 11.7. The summed E-state index contributed by atoms with van der Waals surface area (Å²) in [5.74, 6) is -2.06. The molecule has 1 aromatic carbocycles. The zero-order valence-electron chi connectivity index (χ0n) is 10.9. The van der Waals surface area contributed by atoms with Gasteiger partial charge in [-0.2, -0.15) is 11.8 Å². The minimum atomic E-state index is -1.29. The molecule has 0 spiro atoms. The smallest absolute Gasteiger partial charge is 0.337 e. The van der Waals surface area contributed by atoms with Gasteiger partial charge in [0.05, 0.1) is 11.3 Å². The van der Waals surface area contributed by atoms with E-state index in [2.05, 4.69) is 10.6 Å². The van der Waals surface area contributed by atoms with E-state index in [1.165, 1.54) is 12.1 Å². The molecule has 0 bridgehead atoms. The molecule has 3 N–H and O–H groups in total. The Bertz CT molecular complexity index is 546. The molecule has 2 amide bonds. The van der Waals surface area contributed by atoms with Gasteiger partial charge < -0.3 is 15.7 Å². The number of para-hydroxylation sites is 1. The molecule has 5 nitrogen and oxygen atoms in total. The molecule has 7 heteroatoms. The Kier molecular flexibility index (Phi) is 4.17. The van der Waals surface area contributed by atoms with E-state index in [0.717, 1.165) is 18.9 Å². The first-order valence-electron chi connectivity index (χ1n) is 6.09. The molecule has 20 heavy (non-hydrogen) atoms. The van der Waals surface area contributed by atoms with Crippen molar-refractivity contribution in [3.05, 3.63) is 29.6 Å². The van der Waals surface area contributed by atoms with Gasteiger partial charge in [-0.25, -0.2) is 14.0 Å². The van der Waals surface area contributed by atoms with Crippen LogP contribution in [0.1, 0.15) is 23.2 Å². The highest BCUT2D eigenvalue weighted by Gasteiger charge is 2.41. The summed E-state index contributed by atoms with van der Waals surface area (Å²) >= 11 is 1.69. The molecule has 1 saturated carbocycles. The third kappa shape index (κ3) is 3.22. The van der Waals surface area contributed by atoms with Crippen molar-refractivity contribution >= 4 is 29.4 Å². The average Bonchev–Trinajstić information content (AvgIpc) is 3.19. The van der Waals surface area contributed by atoms with E-state index >= 15 is 0 Å². The van der Waals surface area contributed by atoms with Crippen LogP contribution in [0.3, 0.4) is 0 Å². The first kappa shape index (κ1) is 14.6. The van der Waals surface area contributed by atoms with Gasteiger partial charge in [0.15, 0.2) is 0 Å². The Balaban J connectivity index is 2.02. The highest BCUT2D eigenvalue weighted by atomic mass is 32.2. The van der Waals surface area contributed by atoms with Crippen LogP contribution in [0.2, 0.25) is 0 Å². The minimum Gasteiger partial charge on any atom is -0.478 e. The lowest BCUT2D eigenvalue weighted by molar-refractivity contribution is 0.0697. The van der Waals surface area contributed by atoms with Crippen LogP contribution in [-0.2, 0) is 0 Å². The molecule has 0 aliphatic heterocycles. The number of nitrogens with one attached hydrogen (secondary N) is 2. The second-order valence-corrected chi connectivity index (χ2v) is 5.94. The molecule has 0 aromatic heterocycles. The number of rotatable bonds is 5. The molecule has 1 aromatic rings. The molecule has 0 saturated heterocycles. The van der Waals surface area contributed by atoms with Crippen LogP contribution in [0.5, 0.6) is 0 Å². The topological polar surface area (TPSA) is 78.4 Å². The number of carbonyl (C=O) groups is 2. The summed E-state index contributed by atoms with van der Waals surface area (Å²) in [5.41, 5.74) is -0.586. The fourth-order valence-corrected chi connectivity index (χ4v) is 2.55. The number of carboxylic acid groups (broad SMARTS) is 1. The Morgan fingerprint density at radius 3 is 2.70 bits per heavy atom. The lowest BCUT2D eigenvalue weighted by atomic mass is 10.1. The summed E-state index contributed by atoms with van der Waals surface area (Å²) in [7, 11) is 0. The number of carboxylic acids is 1. The van der Waals surface area contributed by atoms with Gasteiger partial charge in [-0.3, -0.25) is 0 Å². The van der Waals surface area contributed by atoms with Crippen LogP contribution < -0.4 is 10.6 Å². The van der Waals surface area contributed by atoms with Crippen molar-refractivity contribution in [2.24, 2.45) is 0 Å². The Morgan fingerprint density at radius 1 is 1.45 bits per heavy atom. The molecular formula is C13H15FN2O3S. The predicted octanol–water partition coefficient (Wildman–Crippen LogP) is 2.54. The maximum atomic E-state index is 13.6. The van der Waals surface area contributed by atoms with E-state index in [0.29, 0.717) is 6.54 Å². The first-order chi connectivity index (χ1) is 9.47. The van der Waals surface area contributed by atoms with Crippen molar-refractivity contribution in [3.63, 3.8) is 0 Å². The van der Waals surface area contributed by atoms with Crippen LogP contribution >= 0.6 is 11.8 Å². The second kappa shape index (κ2) is 5.70. The monoisotopic (exact) mass is 298 g/mol. The number of carbonyl (C=O) groups excluding carboxylic acids is 1. The summed E-state index contributed by atoms with van der Waals surface area (Å²) < 4.78 is 13.7. The third-order valence-electron chi connectivity index (χ3n) is 3.29. The van der Waals surface area contributed by atoms with Crippen LogP contribution in [0.25, 0.3) is 0 Å². The largest absolute Gasteiger partial charge is 0.478 e. The van der Waals surface area contributed by atoms with Gasteiger partial charge in [0.2, 0.25) is 0 Å². The zero-order chi connectivity index (χ0) is 14.8. The fourth-order valence-electron chi connectivity index (χ4n) is 1.82. The van der Waals surface area contributed by atoms with E-state index in [1.807, 2.05) is 6.26 Å². The third-order valence-corrected chi connectivity index (χ3v) is 4.71. The number of benzene rings is 1. The van der Waals surface area contributed by atoms with Crippen LogP contribution in [0.4, 0.5) is 14.9 Å². The first-order valence-corrected chi connectivity index (χ1v) is 7.32. The Morgan fingerprint density at radius 2 is 2.15 bits per heavy atom. The summed E-state index contributed by atoms with van der Waals surface area (Å²) in [6.07, 6.45) is 4.05. The molecule has 1 aliphatic rings. The highest BCUT2D eigenvalue weighted by molar-refractivity contribution is 8.00. The van der Waals surface area contributed by atoms with Crippen molar-refractivity contribution in [2.75, 3.05) is 18.1 Å². The molecule has 1 aliphatic carbocycles. The number of amides is 2. The number of hydrogen-bond acceptors (Lipinski definition) is 3. The average molecular weight is 298 g/mol. The summed E-state index contributed by atoms with van der Waals surface area (Å²) in [6, 6.07) is 3.03. The van der Waals surface area contributed by atoms with Crippen LogP contribution in [0, 0.1) is 5.82 Å². The summed E-state index contributed by atoms with van der Waals surface area (Å²) in [6.45, 7) is 0.483. The van der Waals surface area contributed by atoms with Crippen molar-refractivity contribution in [3.8, 4) is 0 Å². The predicted molar refractivity (Wildman–Crippen MR) is 75.9 cm³/mol. The van der Waals surface area contributed by atoms with Gasteiger partial charge >= 0.3 is 12.0 Å². The highest BCUT2D eigenvalue weighted by Crippen LogP contribution is 2.46. The molecular weight excluding hydrogens is 283 g/mol. The lowest BCUT2D eigenvalue weighted by Gasteiger charge is -2.14. The van der Waals surface area contributed by atoms with E-state index in [4.69, 9.17) is 5.11 Å². The lowest BCUT2D eigenvalue weighted by Crippen LogP contribution is -2.35. The molecule has 0 radical (unpaired) electrons. The van der Waals surface area contributed by atoms with Crippen LogP contribution in [-0.4, -0.2) is 34.7 Å². The standard InChI is InChI=1S/C13H15FN2O3S/c1-20-13(5-6-13)7-15-12(19)16-10-8(11(17)18)3-2-4-9(10)14/h2-4H,5-7H2,1H3,(H,17,18)(H2,15,16,19). The molecule has 108 valence electrons. The molecule has 0 unspecified atom stereocenters. The number of hydrogen-bond donors (Lipinski definition) is 3. The molecule has 0 atom stereocenters. The SMILES string of the molecule is CSC1(CNC(=O)Nc2c(F)cccc2C(=O)O)CC1. The van der Waals surface area contributed by atoms with Gasteiger partial charge in [0.25, 0.3) is 0 Å². The van der Waals surface area contributed by atoms with Gasteiger partial charge in [0.1, 0.15) is 5.82 Å². The van der Waals surface area contributed by atoms with Crippen molar-refractivity contribution < 1.29 is 19.1 Å². The number of thioether (sulfide) groups is 1. The van der Waals surface area contributed by atoms with Crippen molar-refractivity contribution in [2.45, 2.75) is 17.6 Å². The van der Waals surface area contributed by atoms with Crippen molar-refractivity contribution in [1.82, 2.24) is 5.32 Å². The Hall–Kier alpha value is -1.76. The van der Waals surface area contributed by atoms with Gasteiger partial charge in [-0.15, -0.1) is 0 Å². The fraction of sp³-hybridized carbons (Fsp3) is 0.385. The summed E-state index contributed by atoms with van der Waals surface area (Å²) in [5, 5.41) is 13.9. The van der Waals surface area contributed by atoms with Crippen molar-refractivity contribution in [1.29, 1.82) is 0 Å². The van der Waals surface area contributed by atoms with Crippen LogP contribution in [0.15, 0.2) is 18.2 Å². The number of aromatic carboxylic acids is 1. The number of urea groups is 1. The van der Waals surface area contributed by atoms with E-state index in [9.17, 15) is 14.0 Å². The van der Waals surface area contributed by atoms with E-state index in [-0.39, 0.29) is 16.0 Å². The maximum absolute atomic E-state index is 13.6. The molecule has 2 rings (SSSR count). The maximum Gasteiger partial charge on any atom is 0.337 e. The van der Waals surface area contributed by atoms with Gasteiger partial charge in [-0.1, -0.05) is 6.07 Å². The van der Waals surface area contributed by atoms with E-state index < -0.39 is 17.8 Å². The summed E-state index contributed by atoms with van der Waals surface area (Å²) in [4.78, 5) is 22.7. The molecule has 1 fully saturated rings. The number of anilines is 1. The van der Waals surface area contributed by atoms with E-state index in [1.54, 1.807) is 11.8 Å². The quantitative estimate of drug-likeness (QED) is 0.780. The molecule has 0 heterocycles. The van der Waals surface area contributed by atoms with Gasteiger partial charge in [-0.05, 0) is 31.2 Å². The number of halogens is 1. The minimum absolute atomic E-state index is 0.0855.